The second kappa shape index (κ2) is 9.35. The molecule has 1 aliphatic heterocycles. The number of hydrogen-bond acceptors (Lipinski definition) is 6. The molecule has 1 fully saturated rings. The molecule has 2 aromatic rings. The van der Waals surface area contributed by atoms with Gasteiger partial charge in [0.15, 0.2) is 0 Å². The van der Waals surface area contributed by atoms with Gasteiger partial charge in [-0.3, -0.25) is 4.79 Å². The fraction of sp³-hybridized carbons (Fsp3) is 0.522. The van der Waals surface area contributed by atoms with Gasteiger partial charge in [0.05, 0.1) is 7.11 Å². The molecule has 30 heavy (non-hydrogen) atoms. The molecular weight excluding hydrogens is 400 g/mol. The first-order valence-electron chi connectivity index (χ1n) is 10.4. The third-order valence-corrected chi connectivity index (χ3v) is 7.27. The minimum Gasteiger partial charge on any atom is -0.497 e. The number of ether oxygens (including phenoxy) is 1. The third-order valence-electron chi connectivity index (χ3n) is 6.35. The van der Waals surface area contributed by atoms with Gasteiger partial charge in [-0.05, 0) is 73.8 Å². The monoisotopic (exact) mass is 430 g/mol. The van der Waals surface area contributed by atoms with Crippen LogP contribution in [0.2, 0.25) is 0 Å². The van der Waals surface area contributed by atoms with Gasteiger partial charge in [0, 0.05) is 27.8 Å². The van der Waals surface area contributed by atoms with Crippen molar-refractivity contribution in [1.29, 1.82) is 0 Å². The van der Waals surface area contributed by atoms with E-state index in [9.17, 15) is 14.8 Å². The van der Waals surface area contributed by atoms with Crippen LogP contribution >= 0.6 is 11.9 Å². The molecular formula is C23H30N2O4S. The number of piperidine rings is 1. The van der Waals surface area contributed by atoms with Crippen molar-refractivity contribution in [2.24, 2.45) is 4.58 Å². The van der Waals surface area contributed by atoms with Crippen LogP contribution in [0.15, 0.2) is 41.0 Å². The summed E-state index contributed by atoms with van der Waals surface area (Å²) in [6, 6.07) is 11.8. The lowest BCUT2D eigenvalue weighted by atomic mass is 9.75. The van der Waals surface area contributed by atoms with Crippen LogP contribution < -0.4 is 4.74 Å². The fourth-order valence-electron chi connectivity index (χ4n) is 4.44. The van der Waals surface area contributed by atoms with Gasteiger partial charge in [0.2, 0.25) is 0 Å². The number of nitrogens with zero attached hydrogens (tertiary/aromatic N) is 2. The number of fused-ring (bicyclic) bond motifs is 1. The van der Waals surface area contributed by atoms with E-state index >= 15 is 0 Å². The minimum atomic E-state index is -0.966. The quantitative estimate of drug-likeness (QED) is 0.433. The van der Waals surface area contributed by atoms with E-state index in [-0.39, 0.29) is 4.75 Å². The summed E-state index contributed by atoms with van der Waals surface area (Å²) in [5, 5.41) is 12.4. The number of methoxy groups -OCH3 is 1. The first-order chi connectivity index (χ1) is 14.4. The van der Waals surface area contributed by atoms with Gasteiger partial charge in [-0.2, -0.15) is 0 Å². The number of rotatable bonds is 9. The zero-order chi connectivity index (χ0) is 21.8. The van der Waals surface area contributed by atoms with Crippen molar-refractivity contribution in [3.05, 3.63) is 46.9 Å². The van der Waals surface area contributed by atoms with E-state index in [1.54, 1.807) is 7.11 Å². The average molecular weight is 431 g/mol. The molecule has 1 atom stereocenters. The van der Waals surface area contributed by atoms with Crippen LogP contribution in [0.3, 0.4) is 0 Å². The van der Waals surface area contributed by atoms with Crippen LogP contribution in [0.5, 0.6) is 5.75 Å². The molecule has 0 unspecified atom stereocenters. The Bertz CT molecular complexity index is 911. The highest BCUT2D eigenvalue weighted by molar-refractivity contribution is 7.99. The van der Waals surface area contributed by atoms with E-state index in [1.807, 2.05) is 43.3 Å². The lowest BCUT2D eigenvalue weighted by Gasteiger charge is -2.41. The number of carboxylic acids is 1. The van der Waals surface area contributed by atoms with Gasteiger partial charge in [-0.1, -0.05) is 31.5 Å². The molecule has 1 saturated heterocycles. The maximum Gasteiger partial charge on any atom is 0.315 e. The molecule has 0 bridgehead atoms. The second-order valence-corrected chi connectivity index (χ2v) is 9.77. The van der Waals surface area contributed by atoms with Gasteiger partial charge in [0.25, 0.3) is 0 Å². The van der Waals surface area contributed by atoms with Crippen molar-refractivity contribution in [2.45, 2.75) is 49.7 Å². The summed E-state index contributed by atoms with van der Waals surface area (Å²) in [5.41, 5.74) is -0.126. The van der Waals surface area contributed by atoms with Crippen LogP contribution in [-0.4, -0.2) is 47.5 Å². The normalized spacial score (nSPS) is 18.6. The van der Waals surface area contributed by atoms with Gasteiger partial charge < -0.3 is 14.7 Å². The van der Waals surface area contributed by atoms with E-state index < -0.39 is 11.4 Å². The number of likely N-dealkylation sites (tertiary alicyclic amines) is 1. The van der Waals surface area contributed by atoms with Crippen LogP contribution in [0, 0.1) is 4.91 Å². The van der Waals surface area contributed by atoms with Gasteiger partial charge in [-0.15, -0.1) is 4.91 Å². The number of aliphatic carboxylic acids is 1. The maximum absolute atomic E-state index is 12.6. The zero-order valence-electron chi connectivity index (χ0n) is 17.9. The maximum atomic E-state index is 12.6. The Hall–Kier alpha value is -2.12. The Kier molecular flexibility index (Phi) is 7.03. The fourth-order valence-corrected chi connectivity index (χ4v) is 4.98. The molecule has 0 spiro atoms. The topological polar surface area (TPSA) is 79.2 Å². The highest BCUT2D eigenvalue weighted by Gasteiger charge is 2.43. The summed E-state index contributed by atoms with van der Waals surface area (Å²) in [4.78, 5) is 25.6. The molecule has 2 aromatic carbocycles. The van der Waals surface area contributed by atoms with E-state index in [1.165, 1.54) is 0 Å². The van der Waals surface area contributed by atoms with Gasteiger partial charge >= 0.3 is 5.97 Å². The summed E-state index contributed by atoms with van der Waals surface area (Å²) in [6.45, 7) is 6.09. The Labute approximate surface area is 182 Å². The summed E-state index contributed by atoms with van der Waals surface area (Å²) >= 11 is 1.11. The SMILES string of the molecule is CCC[C@](CN1CCC(C)(SN=O)CC1)(C(=O)O)c1ccc2cc(OC)ccc2c1. The van der Waals surface area contributed by atoms with Crippen LogP contribution in [0.25, 0.3) is 10.8 Å². The smallest absolute Gasteiger partial charge is 0.315 e. The number of carbonyl (C=O) groups is 1. The largest absolute Gasteiger partial charge is 0.497 e. The summed E-state index contributed by atoms with van der Waals surface area (Å²) in [7, 11) is 1.64. The van der Waals surface area contributed by atoms with Crippen molar-refractivity contribution < 1.29 is 14.6 Å². The Morgan fingerprint density at radius 2 is 1.90 bits per heavy atom. The zero-order valence-corrected chi connectivity index (χ0v) is 18.7. The van der Waals surface area contributed by atoms with Crippen molar-refractivity contribution >= 4 is 28.7 Å². The molecule has 0 amide bonds. The summed E-state index contributed by atoms with van der Waals surface area (Å²) < 4.78 is 8.17. The van der Waals surface area contributed by atoms with Crippen molar-refractivity contribution in [1.82, 2.24) is 4.90 Å². The molecule has 6 nitrogen and oxygen atoms in total. The Morgan fingerprint density at radius 1 is 1.23 bits per heavy atom. The molecule has 162 valence electrons. The lowest BCUT2D eigenvalue weighted by Crippen LogP contribution is -2.50. The van der Waals surface area contributed by atoms with E-state index in [2.05, 4.69) is 16.4 Å². The highest BCUT2D eigenvalue weighted by Crippen LogP contribution is 2.39. The molecule has 0 aliphatic carbocycles. The predicted molar refractivity (Wildman–Crippen MR) is 122 cm³/mol. The number of nitroso groups, excluding NO2 is 1. The average Bonchev–Trinajstić information content (AvgIpc) is 2.74. The summed E-state index contributed by atoms with van der Waals surface area (Å²) in [6.07, 6.45) is 3.00. The number of hydrogen-bond donors (Lipinski definition) is 1. The van der Waals surface area contributed by atoms with Crippen LogP contribution in [0.4, 0.5) is 0 Å². The molecule has 7 heteroatoms. The van der Waals surface area contributed by atoms with Gasteiger partial charge in [-0.25, -0.2) is 0 Å². The van der Waals surface area contributed by atoms with Gasteiger partial charge in [0.1, 0.15) is 11.2 Å². The first-order valence-corrected chi connectivity index (χ1v) is 11.2. The van der Waals surface area contributed by atoms with Crippen LogP contribution in [-0.2, 0) is 10.2 Å². The molecule has 3 rings (SSSR count). The number of benzene rings is 2. The predicted octanol–water partition coefficient (Wildman–Crippen LogP) is 5.24. The number of carboxylic acid groups (broad SMARTS) is 1. The standard InChI is InChI=1S/C23H30N2O4S/c1-4-9-23(21(26)27,16-25-12-10-22(2,11-13-25)30-24-28)19-7-5-18-15-20(29-3)8-6-17(18)14-19/h5-8,14-15H,4,9-13,16H2,1-3H3,(H,26,27)/t23-/m1/s1. The van der Waals surface area contributed by atoms with E-state index in [0.29, 0.717) is 13.0 Å². The highest BCUT2D eigenvalue weighted by atomic mass is 32.2. The molecule has 1 heterocycles. The van der Waals surface area contributed by atoms with Crippen molar-refractivity contribution in [3.63, 3.8) is 0 Å². The van der Waals surface area contributed by atoms with E-state index in [4.69, 9.17) is 4.74 Å². The molecule has 0 saturated carbocycles. The summed E-state index contributed by atoms with van der Waals surface area (Å²) in [5.74, 6) is 0.00170. The van der Waals surface area contributed by atoms with Crippen molar-refractivity contribution in [3.8, 4) is 5.75 Å². The Balaban J connectivity index is 1.91. The first kappa shape index (κ1) is 22.6. The second-order valence-electron chi connectivity index (χ2n) is 8.46. The molecule has 1 aliphatic rings. The Morgan fingerprint density at radius 3 is 2.50 bits per heavy atom. The molecule has 0 aromatic heterocycles. The third kappa shape index (κ3) is 4.62. The minimum absolute atomic E-state index is 0.156. The van der Waals surface area contributed by atoms with Crippen molar-refractivity contribution in [2.75, 3.05) is 26.7 Å². The molecule has 0 radical (unpaired) electrons. The van der Waals surface area contributed by atoms with Crippen LogP contribution in [0.1, 0.15) is 45.1 Å². The lowest BCUT2D eigenvalue weighted by molar-refractivity contribution is -0.145. The van der Waals surface area contributed by atoms with E-state index in [0.717, 1.165) is 66.4 Å². The molecule has 1 N–H and O–H groups in total.